The lowest BCUT2D eigenvalue weighted by atomic mass is 10.1. The summed E-state index contributed by atoms with van der Waals surface area (Å²) in [6.07, 6.45) is 0. The molecule has 0 aliphatic carbocycles. The van der Waals surface area contributed by atoms with Gasteiger partial charge < -0.3 is 15.3 Å². The third-order valence-electron chi connectivity index (χ3n) is 3.90. The Morgan fingerprint density at radius 2 is 1.74 bits per heavy atom. The number of fused-ring (bicyclic) bond motifs is 2. The van der Waals surface area contributed by atoms with Gasteiger partial charge in [0.25, 0.3) is 5.56 Å². The molecule has 0 aliphatic heterocycles. The standard InChI is InChI=1S/C18H16N4O/c1-2-19-16-11-7-3-4-8-12(11)22-18(23)15(16)17-20-13-9-5-6-10-14(13)21-17/h3-10H,2H2,1H3,(H,20,21)(H2,19,22,23). The molecule has 0 spiro atoms. The largest absolute Gasteiger partial charge is 0.384 e. The van der Waals surface area contributed by atoms with Gasteiger partial charge in [0.05, 0.1) is 22.2 Å². The summed E-state index contributed by atoms with van der Waals surface area (Å²) in [5.41, 5.74) is 3.77. The molecule has 23 heavy (non-hydrogen) atoms. The molecule has 0 saturated carbocycles. The van der Waals surface area contributed by atoms with E-state index in [9.17, 15) is 4.79 Å². The molecule has 0 bridgehead atoms. The molecular formula is C18H16N4O. The van der Waals surface area contributed by atoms with Gasteiger partial charge in [0.2, 0.25) is 0 Å². The topological polar surface area (TPSA) is 73.6 Å². The zero-order chi connectivity index (χ0) is 15.8. The molecule has 5 heteroatoms. The zero-order valence-corrected chi connectivity index (χ0v) is 12.7. The average Bonchev–Trinajstić information content (AvgIpc) is 2.98. The number of pyridine rings is 1. The molecule has 0 fully saturated rings. The van der Waals surface area contributed by atoms with Gasteiger partial charge in [-0.1, -0.05) is 30.3 Å². The Morgan fingerprint density at radius 3 is 2.52 bits per heavy atom. The van der Waals surface area contributed by atoms with Crippen LogP contribution in [0.3, 0.4) is 0 Å². The van der Waals surface area contributed by atoms with E-state index in [-0.39, 0.29) is 5.56 Å². The highest BCUT2D eigenvalue weighted by atomic mass is 16.1. The van der Waals surface area contributed by atoms with Crippen molar-refractivity contribution < 1.29 is 0 Å². The van der Waals surface area contributed by atoms with Crippen LogP contribution in [0.5, 0.6) is 0 Å². The number of nitrogens with one attached hydrogen (secondary N) is 3. The summed E-state index contributed by atoms with van der Waals surface area (Å²) in [5, 5.41) is 4.30. The van der Waals surface area contributed by atoms with Crippen LogP contribution in [0.25, 0.3) is 33.3 Å². The van der Waals surface area contributed by atoms with Gasteiger partial charge >= 0.3 is 0 Å². The molecule has 0 saturated heterocycles. The molecule has 2 aromatic carbocycles. The lowest BCUT2D eigenvalue weighted by molar-refractivity contribution is 1.19. The summed E-state index contributed by atoms with van der Waals surface area (Å²) in [4.78, 5) is 23.4. The highest BCUT2D eigenvalue weighted by Crippen LogP contribution is 2.30. The summed E-state index contributed by atoms with van der Waals surface area (Å²) in [6, 6.07) is 15.5. The van der Waals surface area contributed by atoms with Crippen molar-refractivity contribution in [1.29, 1.82) is 0 Å². The van der Waals surface area contributed by atoms with Crippen LogP contribution in [0.4, 0.5) is 5.69 Å². The van der Waals surface area contributed by atoms with E-state index in [2.05, 4.69) is 20.3 Å². The molecule has 114 valence electrons. The average molecular weight is 304 g/mol. The minimum Gasteiger partial charge on any atom is -0.384 e. The fourth-order valence-corrected chi connectivity index (χ4v) is 2.90. The van der Waals surface area contributed by atoms with E-state index >= 15 is 0 Å². The van der Waals surface area contributed by atoms with Gasteiger partial charge in [-0.15, -0.1) is 0 Å². The number of nitrogens with zero attached hydrogens (tertiary/aromatic N) is 1. The fourth-order valence-electron chi connectivity index (χ4n) is 2.90. The van der Waals surface area contributed by atoms with Crippen LogP contribution < -0.4 is 10.9 Å². The Bertz CT molecular complexity index is 1030. The second-order valence-corrected chi connectivity index (χ2v) is 5.38. The summed E-state index contributed by atoms with van der Waals surface area (Å²) >= 11 is 0. The number of hydrogen-bond donors (Lipinski definition) is 3. The van der Waals surface area contributed by atoms with Crippen LogP contribution >= 0.6 is 0 Å². The van der Waals surface area contributed by atoms with E-state index in [4.69, 9.17) is 0 Å². The van der Waals surface area contributed by atoms with E-state index in [1.165, 1.54) is 0 Å². The van der Waals surface area contributed by atoms with Crippen molar-refractivity contribution in [3.05, 3.63) is 58.9 Å². The third-order valence-corrected chi connectivity index (χ3v) is 3.90. The molecule has 0 amide bonds. The van der Waals surface area contributed by atoms with Crippen molar-refractivity contribution in [2.45, 2.75) is 6.92 Å². The van der Waals surface area contributed by atoms with Crippen molar-refractivity contribution in [1.82, 2.24) is 15.0 Å². The number of rotatable bonds is 3. The van der Waals surface area contributed by atoms with Gasteiger partial charge in [-0.2, -0.15) is 0 Å². The monoisotopic (exact) mass is 304 g/mol. The van der Waals surface area contributed by atoms with E-state index in [1.807, 2.05) is 55.5 Å². The molecule has 0 radical (unpaired) electrons. The predicted molar refractivity (Wildman–Crippen MR) is 93.8 cm³/mol. The highest BCUT2D eigenvalue weighted by Gasteiger charge is 2.17. The molecule has 0 atom stereocenters. The SMILES string of the molecule is CCNc1c(-c2nc3ccccc3[nH]2)c(=O)[nH]c2ccccc12. The quantitative estimate of drug-likeness (QED) is 0.542. The number of hydrogen-bond acceptors (Lipinski definition) is 3. The van der Waals surface area contributed by atoms with Gasteiger partial charge in [-0.05, 0) is 25.1 Å². The maximum Gasteiger partial charge on any atom is 0.261 e. The Kier molecular flexibility index (Phi) is 3.12. The number of anilines is 1. The molecule has 3 N–H and O–H groups in total. The number of aromatic nitrogens is 3. The van der Waals surface area contributed by atoms with Crippen molar-refractivity contribution in [2.24, 2.45) is 0 Å². The Morgan fingerprint density at radius 1 is 1.00 bits per heavy atom. The summed E-state index contributed by atoms with van der Waals surface area (Å²) in [5.74, 6) is 0.578. The number of H-pyrrole nitrogens is 2. The molecule has 2 heterocycles. The molecule has 4 rings (SSSR count). The van der Waals surface area contributed by atoms with Gasteiger partial charge in [0.15, 0.2) is 0 Å². The first kappa shape index (κ1) is 13.6. The summed E-state index contributed by atoms with van der Waals surface area (Å²) in [7, 11) is 0. The molecular weight excluding hydrogens is 288 g/mol. The highest BCUT2D eigenvalue weighted by molar-refractivity contribution is 5.99. The van der Waals surface area contributed by atoms with Crippen LogP contribution in [0.2, 0.25) is 0 Å². The maximum atomic E-state index is 12.7. The summed E-state index contributed by atoms with van der Waals surface area (Å²) in [6.45, 7) is 2.74. The van der Waals surface area contributed by atoms with Gasteiger partial charge in [-0.25, -0.2) is 4.98 Å². The van der Waals surface area contributed by atoms with Gasteiger partial charge in [-0.3, -0.25) is 4.79 Å². The lowest BCUT2D eigenvalue weighted by Crippen LogP contribution is -2.14. The minimum atomic E-state index is -0.154. The molecule has 5 nitrogen and oxygen atoms in total. The number of aromatic amines is 2. The van der Waals surface area contributed by atoms with Crippen LogP contribution in [0.1, 0.15) is 6.92 Å². The van der Waals surface area contributed by atoms with Crippen LogP contribution in [-0.4, -0.2) is 21.5 Å². The van der Waals surface area contributed by atoms with Gasteiger partial charge in [0.1, 0.15) is 11.4 Å². The lowest BCUT2D eigenvalue weighted by Gasteiger charge is -2.12. The third kappa shape index (κ3) is 2.17. The number of para-hydroxylation sites is 3. The fraction of sp³-hybridized carbons (Fsp3) is 0.111. The van der Waals surface area contributed by atoms with Crippen molar-refractivity contribution >= 4 is 27.6 Å². The van der Waals surface area contributed by atoms with Gasteiger partial charge in [0, 0.05) is 11.9 Å². The van der Waals surface area contributed by atoms with E-state index in [1.54, 1.807) is 0 Å². The first-order chi connectivity index (χ1) is 11.3. The van der Waals surface area contributed by atoms with E-state index in [0.29, 0.717) is 11.4 Å². The summed E-state index contributed by atoms with van der Waals surface area (Å²) < 4.78 is 0. The normalized spacial score (nSPS) is 11.2. The van der Waals surface area contributed by atoms with Crippen molar-refractivity contribution in [3.8, 4) is 11.4 Å². The van der Waals surface area contributed by atoms with Crippen LogP contribution in [-0.2, 0) is 0 Å². The van der Waals surface area contributed by atoms with Crippen molar-refractivity contribution in [3.63, 3.8) is 0 Å². The molecule has 0 unspecified atom stereocenters. The van der Waals surface area contributed by atoms with Crippen LogP contribution in [0.15, 0.2) is 53.3 Å². The second kappa shape index (κ2) is 5.28. The zero-order valence-electron chi connectivity index (χ0n) is 12.7. The van der Waals surface area contributed by atoms with Crippen molar-refractivity contribution in [2.75, 3.05) is 11.9 Å². The van der Waals surface area contributed by atoms with E-state index in [0.717, 1.165) is 34.2 Å². The maximum absolute atomic E-state index is 12.7. The first-order valence-corrected chi connectivity index (χ1v) is 7.62. The first-order valence-electron chi connectivity index (χ1n) is 7.62. The van der Waals surface area contributed by atoms with E-state index < -0.39 is 0 Å². The Labute approximate surface area is 132 Å². The minimum absolute atomic E-state index is 0.154. The predicted octanol–water partition coefficient (Wildman–Crippen LogP) is 3.50. The smallest absolute Gasteiger partial charge is 0.261 e. The number of imidazole rings is 1. The second-order valence-electron chi connectivity index (χ2n) is 5.38. The molecule has 2 aromatic heterocycles. The molecule has 0 aliphatic rings. The molecule has 4 aromatic rings. The Balaban J connectivity index is 2.07. The Hall–Kier alpha value is -3.08. The van der Waals surface area contributed by atoms with Crippen LogP contribution in [0, 0.1) is 0 Å². The number of benzene rings is 2.